The fourth-order valence-corrected chi connectivity index (χ4v) is 2.78. The highest BCUT2D eigenvalue weighted by molar-refractivity contribution is 5.90. The monoisotopic (exact) mass is 296 g/mol. The maximum Gasteiger partial charge on any atom is 0.323 e. The topological polar surface area (TPSA) is 77.9 Å². The van der Waals surface area contributed by atoms with Gasteiger partial charge in [-0.3, -0.25) is 14.4 Å². The number of carboxylic acid groups (broad SMARTS) is 1. The zero-order chi connectivity index (χ0) is 15.6. The third-order valence-corrected chi connectivity index (χ3v) is 4.45. The van der Waals surface area contributed by atoms with Gasteiger partial charge in [0, 0.05) is 25.6 Å². The number of carbonyl (C=O) groups is 3. The van der Waals surface area contributed by atoms with Crippen LogP contribution in [-0.2, 0) is 14.4 Å². The van der Waals surface area contributed by atoms with Gasteiger partial charge in [-0.15, -0.1) is 0 Å². The maximum atomic E-state index is 12.6. The van der Waals surface area contributed by atoms with E-state index >= 15 is 0 Å². The number of carbonyl (C=O) groups excluding carboxylic acids is 2. The van der Waals surface area contributed by atoms with Gasteiger partial charge in [-0.25, -0.2) is 0 Å². The SMILES string of the molecule is CCC(C)N(CC(=O)O)C(=O)C1CC(=O)N(CC2CC2)C1. The molecule has 6 heteroatoms. The lowest BCUT2D eigenvalue weighted by Crippen LogP contribution is -2.45. The molecule has 2 fully saturated rings. The Labute approximate surface area is 125 Å². The lowest BCUT2D eigenvalue weighted by atomic mass is 10.1. The van der Waals surface area contributed by atoms with Crippen LogP contribution in [0.5, 0.6) is 0 Å². The molecule has 2 amide bonds. The van der Waals surface area contributed by atoms with Gasteiger partial charge in [0.25, 0.3) is 0 Å². The zero-order valence-corrected chi connectivity index (χ0v) is 12.7. The molecule has 0 spiro atoms. The van der Waals surface area contributed by atoms with Crippen LogP contribution in [0.25, 0.3) is 0 Å². The number of aliphatic carboxylic acids is 1. The van der Waals surface area contributed by atoms with Gasteiger partial charge in [0.2, 0.25) is 11.8 Å². The van der Waals surface area contributed by atoms with Crippen molar-refractivity contribution in [2.45, 2.75) is 45.6 Å². The highest BCUT2D eigenvalue weighted by Crippen LogP contribution is 2.32. The van der Waals surface area contributed by atoms with Gasteiger partial charge >= 0.3 is 5.97 Å². The van der Waals surface area contributed by atoms with Crippen molar-refractivity contribution in [2.24, 2.45) is 11.8 Å². The predicted octanol–water partition coefficient (Wildman–Crippen LogP) is 0.957. The number of nitrogens with zero attached hydrogens (tertiary/aromatic N) is 2. The van der Waals surface area contributed by atoms with E-state index in [1.54, 1.807) is 4.90 Å². The van der Waals surface area contributed by atoms with Crippen molar-refractivity contribution in [1.82, 2.24) is 9.80 Å². The Morgan fingerprint density at radius 3 is 2.62 bits per heavy atom. The molecule has 1 aliphatic carbocycles. The number of amides is 2. The smallest absolute Gasteiger partial charge is 0.323 e. The molecule has 118 valence electrons. The van der Waals surface area contributed by atoms with E-state index in [1.807, 2.05) is 13.8 Å². The normalized spacial score (nSPS) is 23.2. The van der Waals surface area contributed by atoms with Gasteiger partial charge in [-0.2, -0.15) is 0 Å². The van der Waals surface area contributed by atoms with E-state index in [1.165, 1.54) is 17.7 Å². The molecule has 2 rings (SSSR count). The summed E-state index contributed by atoms with van der Waals surface area (Å²) in [6.45, 7) is 4.68. The number of carboxylic acids is 1. The summed E-state index contributed by atoms with van der Waals surface area (Å²) in [5.41, 5.74) is 0. The van der Waals surface area contributed by atoms with E-state index in [2.05, 4.69) is 0 Å². The van der Waals surface area contributed by atoms with Crippen molar-refractivity contribution in [3.63, 3.8) is 0 Å². The van der Waals surface area contributed by atoms with Crippen molar-refractivity contribution in [2.75, 3.05) is 19.6 Å². The fraction of sp³-hybridized carbons (Fsp3) is 0.800. The van der Waals surface area contributed by atoms with Crippen LogP contribution in [0, 0.1) is 11.8 Å². The second kappa shape index (κ2) is 6.45. The third kappa shape index (κ3) is 3.95. The second-order valence-electron chi connectivity index (χ2n) is 6.26. The fourth-order valence-electron chi connectivity index (χ4n) is 2.78. The second-order valence-corrected chi connectivity index (χ2v) is 6.26. The first-order valence-electron chi connectivity index (χ1n) is 7.72. The minimum absolute atomic E-state index is 0.0275. The van der Waals surface area contributed by atoms with Gasteiger partial charge in [0.15, 0.2) is 0 Å². The van der Waals surface area contributed by atoms with Gasteiger partial charge < -0.3 is 14.9 Å². The molecule has 21 heavy (non-hydrogen) atoms. The summed E-state index contributed by atoms with van der Waals surface area (Å²) in [5.74, 6) is -0.960. The van der Waals surface area contributed by atoms with Crippen LogP contribution < -0.4 is 0 Å². The number of likely N-dealkylation sites (tertiary alicyclic amines) is 1. The van der Waals surface area contributed by atoms with Crippen molar-refractivity contribution in [3.05, 3.63) is 0 Å². The molecule has 1 aliphatic heterocycles. The van der Waals surface area contributed by atoms with E-state index < -0.39 is 5.97 Å². The van der Waals surface area contributed by atoms with Crippen LogP contribution >= 0.6 is 0 Å². The highest BCUT2D eigenvalue weighted by atomic mass is 16.4. The van der Waals surface area contributed by atoms with E-state index in [9.17, 15) is 14.4 Å². The molecular formula is C15H24N2O4. The number of hydrogen-bond acceptors (Lipinski definition) is 3. The predicted molar refractivity (Wildman–Crippen MR) is 76.5 cm³/mol. The molecule has 1 saturated carbocycles. The molecule has 0 aromatic heterocycles. The van der Waals surface area contributed by atoms with Crippen LogP contribution in [-0.4, -0.2) is 58.4 Å². The quantitative estimate of drug-likeness (QED) is 0.759. The molecule has 1 N–H and O–H groups in total. The molecule has 2 atom stereocenters. The largest absolute Gasteiger partial charge is 0.480 e. The molecule has 1 saturated heterocycles. The van der Waals surface area contributed by atoms with Crippen molar-refractivity contribution in [3.8, 4) is 0 Å². The summed E-state index contributed by atoms with van der Waals surface area (Å²) in [7, 11) is 0. The molecule has 1 heterocycles. The third-order valence-electron chi connectivity index (χ3n) is 4.45. The Morgan fingerprint density at radius 2 is 2.10 bits per heavy atom. The summed E-state index contributed by atoms with van der Waals surface area (Å²) in [5, 5.41) is 8.98. The summed E-state index contributed by atoms with van der Waals surface area (Å²) in [4.78, 5) is 38.7. The van der Waals surface area contributed by atoms with Gasteiger partial charge in [0.05, 0.1) is 5.92 Å². The number of hydrogen-bond donors (Lipinski definition) is 1. The van der Waals surface area contributed by atoms with Crippen molar-refractivity contribution >= 4 is 17.8 Å². The van der Waals surface area contributed by atoms with Crippen molar-refractivity contribution < 1.29 is 19.5 Å². The average Bonchev–Trinajstić information content (AvgIpc) is 3.17. The average molecular weight is 296 g/mol. The Bertz CT molecular complexity index is 433. The first-order chi connectivity index (χ1) is 9.92. The molecule has 0 aromatic rings. The van der Waals surface area contributed by atoms with Gasteiger partial charge in [0.1, 0.15) is 6.54 Å². The molecule has 0 radical (unpaired) electrons. The molecular weight excluding hydrogens is 272 g/mol. The molecule has 0 bridgehead atoms. The van der Waals surface area contributed by atoms with E-state index in [4.69, 9.17) is 5.11 Å². The lowest BCUT2D eigenvalue weighted by molar-refractivity contribution is -0.148. The van der Waals surface area contributed by atoms with E-state index in [0.29, 0.717) is 18.9 Å². The van der Waals surface area contributed by atoms with Crippen LogP contribution in [0.1, 0.15) is 39.5 Å². The molecule has 0 aromatic carbocycles. The zero-order valence-electron chi connectivity index (χ0n) is 12.7. The molecule has 2 aliphatic rings. The summed E-state index contributed by atoms with van der Waals surface area (Å²) >= 11 is 0. The van der Waals surface area contributed by atoms with Crippen LogP contribution in [0.2, 0.25) is 0 Å². The lowest BCUT2D eigenvalue weighted by Gasteiger charge is -2.29. The standard InChI is InChI=1S/C15H24N2O4/c1-3-10(2)17(9-14(19)20)15(21)12-6-13(18)16(8-12)7-11-4-5-11/h10-12H,3-9H2,1-2H3,(H,19,20). The Hall–Kier alpha value is -1.59. The van der Waals surface area contributed by atoms with Crippen LogP contribution in [0.15, 0.2) is 0 Å². The summed E-state index contributed by atoms with van der Waals surface area (Å²) < 4.78 is 0. The van der Waals surface area contributed by atoms with E-state index in [-0.39, 0.29) is 36.7 Å². The van der Waals surface area contributed by atoms with E-state index in [0.717, 1.165) is 6.54 Å². The maximum absolute atomic E-state index is 12.6. The van der Waals surface area contributed by atoms with Crippen molar-refractivity contribution in [1.29, 1.82) is 0 Å². The van der Waals surface area contributed by atoms with Crippen LogP contribution in [0.3, 0.4) is 0 Å². The molecule has 6 nitrogen and oxygen atoms in total. The minimum atomic E-state index is -1.01. The van der Waals surface area contributed by atoms with Crippen LogP contribution in [0.4, 0.5) is 0 Å². The Balaban J connectivity index is 1.99. The minimum Gasteiger partial charge on any atom is -0.480 e. The highest BCUT2D eigenvalue weighted by Gasteiger charge is 2.39. The summed E-state index contributed by atoms with van der Waals surface area (Å²) in [6, 6.07) is -0.124. The Kier molecular flexibility index (Phi) is 4.85. The first-order valence-corrected chi connectivity index (χ1v) is 7.72. The summed E-state index contributed by atoms with van der Waals surface area (Å²) in [6.07, 6.45) is 3.25. The number of rotatable bonds is 7. The van der Waals surface area contributed by atoms with Gasteiger partial charge in [-0.1, -0.05) is 6.92 Å². The Morgan fingerprint density at radius 1 is 1.43 bits per heavy atom. The first kappa shape index (κ1) is 15.8. The molecule has 2 unspecified atom stereocenters. The van der Waals surface area contributed by atoms with Gasteiger partial charge in [-0.05, 0) is 32.1 Å².